The molecule has 0 aliphatic carbocycles. The summed E-state index contributed by atoms with van der Waals surface area (Å²) in [4.78, 5) is 8.39. The largest absolute Gasteiger partial charge is 0.379 e. The second kappa shape index (κ2) is 4.48. The Labute approximate surface area is 83.7 Å². The summed E-state index contributed by atoms with van der Waals surface area (Å²) in [5, 5.41) is 3.40. The molecule has 0 aromatic carbocycles. The first-order valence-corrected chi connectivity index (χ1v) is 4.99. The summed E-state index contributed by atoms with van der Waals surface area (Å²) in [6.45, 7) is 4.59. The number of nitrogens with one attached hydrogen (secondary N) is 1. The van der Waals surface area contributed by atoms with Crippen molar-refractivity contribution in [2.75, 3.05) is 19.8 Å². The lowest BCUT2D eigenvalue weighted by molar-refractivity contribution is 0.187. The van der Waals surface area contributed by atoms with Gasteiger partial charge in [0.15, 0.2) is 0 Å². The van der Waals surface area contributed by atoms with Crippen molar-refractivity contribution >= 4 is 0 Å². The predicted octanol–water partition coefficient (Wildman–Crippen LogP) is 0.568. The molecule has 1 aromatic rings. The van der Waals surface area contributed by atoms with Crippen LogP contribution in [0.2, 0.25) is 0 Å². The summed E-state index contributed by atoms with van der Waals surface area (Å²) in [6.07, 6.45) is 5.25. The normalized spacial score (nSPS) is 26.6. The van der Waals surface area contributed by atoms with Gasteiger partial charge in [-0.3, -0.25) is 9.97 Å². The molecule has 0 saturated carbocycles. The second-order valence-electron chi connectivity index (χ2n) is 3.44. The number of aromatic nitrogens is 2. The Morgan fingerprint density at radius 3 is 3.14 bits per heavy atom. The molecule has 1 aliphatic heterocycles. The molecule has 1 fully saturated rings. The minimum Gasteiger partial charge on any atom is -0.379 e. The van der Waals surface area contributed by atoms with Crippen LogP contribution in [0.4, 0.5) is 0 Å². The van der Waals surface area contributed by atoms with Crippen molar-refractivity contribution in [2.45, 2.75) is 18.9 Å². The fourth-order valence-corrected chi connectivity index (χ4v) is 1.81. The SMILES string of the molecule is CCNC1COCC1c1cnccn1. The Balaban J connectivity index is 2.10. The number of hydrogen-bond donors (Lipinski definition) is 1. The highest BCUT2D eigenvalue weighted by atomic mass is 16.5. The van der Waals surface area contributed by atoms with Gasteiger partial charge in [-0.25, -0.2) is 0 Å². The number of nitrogens with zero attached hydrogens (tertiary/aromatic N) is 2. The van der Waals surface area contributed by atoms with Crippen molar-refractivity contribution < 1.29 is 4.74 Å². The summed E-state index contributed by atoms with van der Waals surface area (Å²) >= 11 is 0. The van der Waals surface area contributed by atoms with E-state index in [0.717, 1.165) is 25.5 Å². The predicted molar refractivity (Wildman–Crippen MR) is 53.1 cm³/mol. The Morgan fingerprint density at radius 2 is 2.43 bits per heavy atom. The van der Waals surface area contributed by atoms with Gasteiger partial charge in [0.05, 0.1) is 18.9 Å². The Bertz CT molecular complexity index is 278. The molecular weight excluding hydrogens is 178 g/mol. The van der Waals surface area contributed by atoms with Gasteiger partial charge in [-0.1, -0.05) is 6.92 Å². The van der Waals surface area contributed by atoms with Gasteiger partial charge >= 0.3 is 0 Å². The van der Waals surface area contributed by atoms with Crippen molar-refractivity contribution in [3.63, 3.8) is 0 Å². The maximum Gasteiger partial charge on any atom is 0.0657 e. The minimum atomic E-state index is 0.351. The van der Waals surface area contributed by atoms with E-state index in [4.69, 9.17) is 4.74 Å². The third-order valence-electron chi connectivity index (χ3n) is 2.51. The second-order valence-corrected chi connectivity index (χ2v) is 3.44. The molecule has 14 heavy (non-hydrogen) atoms. The van der Waals surface area contributed by atoms with Crippen molar-refractivity contribution in [3.05, 3.63) is 24.3 Å². The zero-order valence-corrected chi connectivity index (χ0v) is 8.31. The van der Waals surface area contributed by atoms with E-state index in [9.17, 15) is 0 Å². The highest BCUT2D eigenvalue weighted by Crippen LogP contribution is 2.23. The molecule has 0 spiro atoms. The van der Waals surface area contributed by atoms with Crippen LogP contribution in [0.5, 0.6) is 0 Å². The highest BCUT2D eigenvalue weighted by molar-refractivity contribution is 5.09. The molecule has 0 radical (unpaired) electrons. The van der Waals surface area contributed by atoms with Crippen molar-refractivity contribution in [2.24, 2.45) is 0 Å². The van der Waals surface area contributed by atoms with Gasteiger partial charge in [0.25, 0.3) is 0 Å². The van der Waals surface area contributed by atoms with Gasteiger partial charge in [-0.05, 0) is 6.54 Å². The molecule has 4 heteroatoms. The first-order chi connectivity index (χ1) is 6.92. The molecule has 0 amide bonds. The van der Waals surface area contributed by atoms with Crippen LogP contribution in [0.25, 0.3) is 0 Å². The van der Waals surface area contributed by atoms with Gasteiger partial charge in [-0.15, -0.1) is 0 Å². The summed E-state index contributed by atoms with van der Waals surface area (Å²) in [6, 6.07) is 0.386. The van der Waals surface area contributed by atoms with Crippen LogP contribution in [-0.4, -0.2) is 35.8 Å². The summed E-state index contributed by atoms with van der Waals surface area (Å²) in [7, 11) is 0. The topological polar surface area (TPSA) is 47.0 Å². The Kier molecular flexibility index (Phi) is 3.06. The third kappa shape index (κ3) is 1.91. The smallest absolute Gasteiger partial charge is 0.0657 e. The fourth-order valence-electron chi connectivity index (χ4n) is 1.81. The zero-order valence-electron chi connectivity index (χ0n) is 8.31. The zero-order chi connectivity index (χ0) is 9.80. The first kappa shape index (κ1) is 9.55. The average Bonchev–Trinajstić information content (AvgIpc) is 2.68. The van der Waals surface area contributed by atoms with Crippen LogP contribution in [0, 0.1) is 0 Å². The lowest BCUT2D eigenvalue weighted by Gasteiger charge is -2.16. The van der Waals surface area contributed by atoms with Crippen LogP contribution in [0.1, 0.15) is 18.5 Å². The Morgan fingerprint density at radius 1 is 1.50 bits per heavy atom. The number of hydrogen-bond acceptors (Lipinski definition) is 4. The van der Waals surface area contributed by atoms with Gasteiger partial charge in [0, 0.05) is 30.6 Å². The third-order valence-corrected chi connectivity index (χ3v) is 2.51. The fraction of sp³-hybridized carbons (Fsp3) is 0.600. The summed E-state index contributed by atoms with van der Waals surface area (Å²) in [5.74, 6) is 0.351. The van der Waals surface area contributed by atoms with E-state index in [2.05, 4.69) is 22.2 Å². The van der Waals surface area contributed by atoms with E-state index in [1.54, 1.807) is 12.4 Å². The minimum absolute atomic E-state index is 0.351. The van der Waals surface area contributed by atoms with Crippen LogP contribution < -0.4 is 5.32 Å². The molecule has 1 aliphatic rings. The number of ether oxygens (including phenoxy) is 1. The van der Waals surface area contributed by atoms with E-state index >= 15 is 0 Å². The van der Waals surface area contributed by atoms with Crippen molar-refractivity contribution in [1.29, 1.82) is 0 Å². The molecule has 2 heterocycles. The van der Waals surface area contributed by atoms with Crippen LogP contribution in [-0.2, 0) is 4.74 Å². The molecule has 0 bridgehead atoms. The number of rotatable bonds is 3. The molecule has 1 aromatic heterocycles. The number of likely N-dealkylation sites (N-methyl/N-ethyl adjacent to an activating group) is 1. The van der Waals surface area contributed by atoms with Crippen LogP contribution in [0.15, 0.2) is 18.6 Å². The molecule has 2 unspecified atom stereocenters. The molecule has 1 saturated heterocycles. The van der Waals surface area contributed by atoms with E-state index in [1.807, 2.05) is 6.20 Å². The molecule has 1 N–H and O–H groups in total. The van der Waals surface area contributed by atoms with E-state index in [1.165, 1.54) is 0 Å². The van der Waals surface area contributed by atoms with Gasteiger partial charge in [-0.2, -0.15) is 0 Å². The average molecular weight is 193 g/mol. The maximum absolute atomic E-state index is 5.45. The van der Waals surface area contributed by atoms with Gasteiger partial charge in [0.1, 0.15) is 0 Å². The van der Waals surface area contributed by atoms with E-state index < -0.39 is 0 Å². The van der Waals surface area contributed by atoms with Gasteiger partial charge < -0.3 is 10.1 Å². The summed E-state index contributed by atoms with van der Waals surface area (Å²) < 4.78 is 5.45. The quantitative estimate of drug-likeness (QED) is 0.762. The van der Waals surface area contributed by atoms with Crippen LogP contribution >= 0.6 is 0 Å². The van der Waals surface area contributed by atoms with Crippen molar-refractivity contribution in [1.82, 2.24) is 15.3 Å². The van der Waals surface area contributed by atoms with E-state index in [-0.39, 0.29) is 0 Å². The van der Waals surface area contributed by atoms with Crippen LogP contribution in [0.3, 0.4) is 0 Å². The lowest BCUT2D eigenvalue weighted by atomic mass is 10.0. The monoisotopic (exact) mass is 193 g/mol. The van der Waals surface area contributed by atoms with Gasteiger partial charge in [0.2, 0.25) is 0 Å². The van der Waals surface area contributed by atoms with E-state index in [0.29, 0.717) is 12.0 Å². The maximum atomic E-state index is 5.45. The molecular formula is C10H15N3O. The molecule has 4 nitrogen and oxygen atoms in total. The molecule has 76 valence electrons. The first-order valence-electron chi connectivity index (χ1n) is 4.99. The summed E-state index contributed by atoms with van der Waals surface area (Å²) in [5.41, 5.74) is 1.02. The Hall–Kier alpha value is -1.00. The molecule has 2 rings (SSSR count). The lowest BCUT2D eigenvalue weighted by Crippen LogP contribution is -2.34. The highest BCUT2D eigenvalue weighted by Gasteiger charge is 2.29. The molecule has 2 atom stereocenters. The standard InChI is InChI=1S/C10H15N3O/c1-2-12-10-7-14-6-8(10)9-5-11-3-4-13-9/h3-5,8,10,12H,2,6-7H2,1H3. The van der Waals surface area contributed by atoms with Crippen molar-refractivity contribution in [3.8, 4) is 0 Å².